The summed E-state index contributed by atoms with van der Waals surface area (Å²) in [6.07, 6.45) is 0. The number of aryl methyl sites for hydroxylation is 1. The van der Waals surface area contributed by atoms with Crippen LogP contribution in [0.3, 0.4) is 0 Å². The van der Waals surface area contributed by atoms with Crippen molar-refractivity contribution in [3.63, 3.8) is 0 Å². The lowest BCUT2D eigenvalue weighted by Gasteiger charge is -2.00. The van der Waals surface area contributed by atoms with E-state index in [-0.39, 0.29) is 4.87 Å². The zero-order valence-electron chi connectivity index (χ0n) is 10.5. The van der Waals surface area contributed by atoms with Crippen molar-refractivity contribution < 1.29 is 0 Å². The minimum Gasteiger partial charge on any atom is -0.315 e. The maximum atomic E-state index is 11.0. The Morgan fingerprint density at radius 1 is 1.37 bits per heavy atom. The number of para-hydroxylation sites is 1. The van der Waals surface area contributed by atoms with Crippen molar-refractivity contribution in [3.8, 4) is 0 Å². The van der Waals surface area contributed by atoms with Gasteiger partial charge >= 0.3 is 4.87 Å². The van der Waals surface area contributed by atoms with E-state index < -0.39 is 0 Å². The highest BCUT2D eigenvalue weighted by Crippen LogP contribution is 2.17. The van der Waals surface area contributed by atoms with E-state index in [2.05, 4.69) is 27.5 Å². The molecule has 0 unspecified atom stereocenters. The van der Waals surface area contributed by atoms with Gasteiger partial charge in [-0.3, -0.25) is 9.48 Å². The lowest BCUT2D eigenvalue weighted by molar-refractivity contribution is 0.654. The van der Waals surface area contributed by atoms with Gasteiger partial charge in [-0.25, -0.2) is 0 Å². The first-order chi connectivity index (χ1) is 9.24. The number of fused-ring (bicyclic) bond motifs is 1. The molecule has 5 nitrogen and oxygen atoms in total. The summed E-state index contributed by atoms with van der Waals surface area (Å²) in [4.78, 5) is 13.8. The zero-order valence-corrected chi connectivity index (χ0v) is 11.3. The summed E-state index contributed by atoms with van der Waals surface area (Å²) in [6.45, 7) is 1.32. The summed E-state index contributed by atoms with van der Waals surface area (Å²) in [7, 11) is 1.95. The molecule has 2 aromatic heterocycles. The molecule has 98 valence electrons. The lowest BCUT2D eigenvalue weighted by atomic mass is 10.2. The third-order valence-electron chi connectivity index (χ3n) is 3.01. The molecule has 0 spiro atoms. The molecule has 1 aromatic carbocycles. The Hall–Kier alpha value is -1.92. The fraction of sp³-hybridized carbons (Fsp3) is 0.231. The second-order valence-electron chi connectivity index (χ2n) is 4.36. The molecule has 0 fully saturated rings. The molecule has 0 aliphatic heterocycles. The topological polar surface area (TPSA) is 62.7 Å². The largest absolute Gasteiger partial charge is 0.315 e. The second kappa shape index (κ2) is 4.99. The monoisotopic (exact) mass is 274 g/mol. The van der Waals surface area contributed by atoms with Gasteiger partial charge in [-0.15, -0.1) is 0 Å². The van der Waals surface area contributed by atoms with Crippen molar-refractivity contribution in [1.29, 1.82) is 0 Å². The standard InChI is InChI=1S/C13H14N4OS/c1-17-12-5-3-2-4-10(12)11(16-17)7-14-6-9-8-19-13(18)15-9/h2-5,8,14H,6-7H2,1H3,(H,15,18). The van der Waals surface area contributed by atoms with Gasteiger partial charge in [-0.05, 0) is 6.07 Å². The van der Waals surface area contributed by atoms with Crippen LogP contribution in [0, 0.1) is 0 Å². The number of aromatic nitrogens is 3. The van der Waals surface area contributed by atoms with Crippen LogP contribution < -0.4 is 10.2 Å². The molecule has 0 aliphatic rings. The summed E-state index contributed by atoms with van der Waals surface area (Å²) >= 11 is 1.19. The van der Waals surface area contributed by atoms with Crippen LogP contribution >= 0.6 is 11.3 Å². The second-order valence-corrected chi connectivity index (χ2v) is 5.21. The van der Waals surface area contributed by atoms with Crippen molar-refractivity contribution in [1.82, 2.24) is 20.1 Å². The number of thiazole rings is 1. The van der Waals surface area contributed by atoms with E-state index in [1.165, 1.54) is 11.3 Å². The number of H-pyrrole nitrogens is 1. The molecule has 0 atom stereocenters. The molecule has 3 aromatic rings. The molecule has 19 heavy (non-hydrogen) atoms. The van der Waals surface area contributed by atoms with E-state index in [0.717, 1.165) is 22.3 Å². The molecular formula is C13H14N4OS. The fourth-order valence-corrected chi connectivity index (χ4v) is 2.72. The van der Waals surface area contributed by atoms with Crippen molar-refractivity contribution in [2.45, 2.75) is 13.1 Å². The molecular weight excluding hydrogens is 260 g/mol. The number of nitrogens with zero attached hydrogens (tertiary/aromatic N) is 2. The van der Waals surface area contributed by atoms with Crippen LogP contribution in [0.4, 0.5) is 0 Å². The van der Waals surface area contributed by atoms with Gasteiger partial charge in [0.15, 0.2) is 0 Å². The average molecular weight is 274 g/mol. The Kier molecular flexibility index (Phi) is 3.18. The summed E-state index contributed by atoms with van der Waals surface area (Å²) in [5, 5.41) is 10.8. The molecule has 0 saturated heterocycles. The Morgan fingerprint density at radius 3 is 3.00 bits per heavy atom. The van der Waals surface area contributed by atoms with Crippen LogP contribution in [-0.2, 0) is 20.1 Å². The van der Waals surface area contributed by atoms with Gasteiger partial charge in [0.1, 0.15) is 0 Å². The number of aromatic amines is 1. The Labute approximate surface area is 113 Å². The number of nitrogens with one attached hydrogen (secondary N) is 2. The van der Waals surface area contributed by atoms with Crippen molar-refractivity contribution in [2.24, 2.45) is 7.05 Å². The summed E-state index contributed by atoms with van der Waals surface area (Å²) in [6, 6.07) is 8.16. The van der Waals surface area contributed by atoms with Crippen LogP contribution in [0.5, 0.6) is 0 Å². The predicted molar refractivity (Wildman–Crippen MR) is 76.2 cm³/mol. The zero-order chi connectivity index (χ0) is 13.2. The van der Waals surface area contributed by atoms with Crippen LogP contribution in [0.1, 0.15) is 11.4 Å². The Morgan fingerprint density at radius 2 is 2.21 bits per heavy atom. The number of benzene rings is 1. The normalized spacial score (nSPS) is 11.2. The quantitative estimate of drug-likeness (QED) is 0.760. The van der Waals surface area contributed by atoms with Gasteiger partial charge in [0, 0.05) is 36.6 Å². The Balaban J connectivity index is 1.73. The molecule has 2 heterocycles. The molecule has 0 aliphatic carbocycles. The maximum Gasteiger partial charge on any atom is 0.304 e. The average Bonchev–Trinajstić information content (AvgIpc) is 2.96. The van der Waals surface area contributed by atoms with Crippen LogP contribution in [-0.4, -0.2) is 14.8 Å². The van der Waals surface area contributed by atoms with Crippen LogP contribution in [0.25, 0.3) is 10.9 Å². The molecule has 0 radical (unpaired) electrons. The van der Waals surface area contributed by atoms with E-state index in [4.69, 9.17) is 0 Å². The lowest BCUT2D eigenvalue weighted by Crippen LogP contribution is -2.14. The summed E-state index contributed by atoms with van der Waals surface area (Å²) in [5.74, 6) is 0. The van der Waals surface area contributed by atoms with Gasteiger partial charge in [-0.1, -0.05) is 29.5 Å². The fourth-order valence-electron chi connectivity index (χ4n) is 2.14. The minimum absolute atomic E-state index is 0.0138. The highest BCUT2D eigenvalue weighted by molar-refractivity contribution is 7.07. The van der Waals surface area contributed by atoms with Crippen LogP contribution in [0.15, 0.2) is 34.4 Å². The molecule has 0 bridgehead atoms. The SMILES string of the molecule is Cn1nc(CNCc2csc(=O)[nH]2)c2ccccc21. The van der Waals surface area contributed by atoms with Gasteiger partial charge in [-0.2, -0.15) is 5.10 Å². The minimum atomic E-state index is -0.0138. The van der Waals surface area contributed by atoms with Gasteiger partial charge in [0.25, 0.3) is 0 Å². The van der Waals surface area contributed by atoms with E-state index in [1.807, 2.05) is 29.2 Å². The summed E-state index contributed by atoms with van der Waals surface area (Å²) in [5.41, 5.74) is 3.06. The smallest absolute Gasteiger partial charge is 0.304 e. The molecule has 3 rings (SSSR count). The highest BCUT2D eigenvalue weighted by Gasteiger charge is 2.07. The number of hydrogen-bond acceptors (Lipinski definition) is 4. The Bertz CT molecular complexity index is 755. The molecule has 0 amide bonds. The van der Waals surface area contributed by atoms with Crippen LogP contribution in [0.2, 0.25) is 0 Å². The van der Waals surface area contributed by atoms with Crippen molar-refractivity contribution >= 4 is 22.2 Å². The predicted octanol–water partition coefficient (Wildman–Crippen LogP) is 1.61. The van der Waals surface area contributed by atoms with Gasteiger partial charge in [0.05, 0.1) is 11.2 Å². The summed E-state index contributed by atoms with van der Waals surface area (Å²) < 4.78 is 1.89. The van der Waals surface area contributed by atoms with Gasteiger partial charge in [0.2, 0.25) is 0 Å². The van der Waals surface area contributed by atoms with Gasteiger partial charge < -0.3 is 10.3 Å². The number of rotatable bonds is 4. The molecule has 0 saturated carbocycles. The van der Waals surface area contributed by atoms with Crippen molar-refractivity contribution in [2.75, 3.05) is 0 Å². The van der Waals surface area contributed by atoms with Crippen molar-refractivity contribution in [3.05, 3.63) is 50.7 Å². The number of hydrogen-bond donors (Lipinski definition) is 2. The van der Waals surface area contributed by atoms with E-state index >= 15 is 0 Å². The van der Waals surface area contributed by atoms with E-state index in [9.17, 15) is 4.79 Å². The first kappa shape index (κ1) is 12.1. The molecule has 6 heteroatoms. The first-order valence-electron chi connectivity index (χ1n) is 6.02. The maximum absolute atomic E-state index is 11.0. The molecule has 2 N–H and O–H groups in total. The van der Waals surface area contributed by atoms with E-state index in [0.29, 0.717) is 13.1 Å². The third-order valence-corrected chi connectivity index (χ3v) is 3.73. The first-order valence-corrected chi connectivity index (χ1v) is 6.90. The van der Waals surface area contributed by atoms with E-state index in [1.54, 1.807) is 0 Å². The third kappa shape index (κ3) is 2.45. The highest BCUT2D eigenvalue weighted by atomic mass is 32.1.